The summed E-state index contributed by atoms with van der Waals surface area (Å²) >= 11 is 12.2. The minimum atomic E-state index is 0.405. The van der Waals surface area contributed by atoms with Crippen LogP contribution in [-0.4, -0.2) is 55.2 Å². The Kier molecular flexibility index (Phi) is 8.14. The first kappa shape index (κ1) is 19.0. The fourth-order valence-corrected chi connectivity index (χ4v) is 3.48. The molecule has 0 radical (unpaired) electrons. The second-order valence-corrected chi connectivity index (χ2v) is 6.95. The van der Waals surface area contributed by atoms with Crippen molar-refractivity contribution in [3.63, 3.8) is 0 Å². The Bertz CT molecular complexity index is 472. The monoisotopic (exact) mass is 358 g/mol. The molecule has 5 heteroatoms. The largest absolute Gasteiger partial charge is 0.377 e. The summed E-state index contributed by atoms with van der Waals surface area (Å²) < 4.78 is 6.04. The van der Waals surface area contributed by atoms with E-state index in [9.17, 15) is 0 Å². The van der Waals surface area contributed by atoms with E-state index >= 15 is 0 Å². The maximum atomic E-state index is 6.26. The molecular weight excluding hydrogens is 331 g/mol. The fraction of sp³-hybridized carbons (Fsp3) is 0.667. The van der Waals surface area contributed by atoms with Crippen molar-refractivity contribution < 1.29 is 4.74 Å². The lowest BCUT2D eigenvalue weighted by Gasteiger charge is -2.32. The minimum absolute atomic E-state index is 0.405. The quantitative estimate of drug-likeness (QED) is 0.688. The number of likely N-dealkylation sites (tertiary alicyclic amines) is 1. The van der Waals surface area contributed by atoms with Crippen LogP contribution in [0.3, 0.4) is 0 Å². The molecule has 1 aliphatic rings. The van der Waals surface area contributed by atoms with Gasteiger partial charge in [0.25, 0.3) is 0 Å². The lowest BCUT2D eigenvalue weighted by molar-refractivity contribution is -0.00222. The molecule has 0 unspecified atom stereocenters. The molecular formula is C18H28Cl2N2O. The molecule has 1 aromatic carbocycles. The summed E-state index contributed by atoms with van der Waals surface area (Å²) in [6.45, 7) is 11.5. The summed E-state index contributed by atoms with van der Waals surface area (Å²) in [5, 5.41) is 1.45. The van der Waals surface area contributed by atoms with Crippen LogP contribution in [0.1, 0.15) is 32.3 Å². The van der Waals surface area contributed by atoms with E-state index in [4.69, 9.17) is 27.9 Å². The van der Waals surface area contributed by atoms with Crippen molar-refractivity contribution >= 4 is 23.2 Å². The van der Waals surface area contributed by atoms with Crippen LogP contribution in [0, 0.1) is 0 Å². The molecule has 130 valence electrons. The lowest BCUT2D eigenvalue weighted by Crippen LogP contribution is -2.37. The predicted molar refractivity (Wildman–Crippen MR) is 98.5 cm³/mol. The van der Waals surface area contributed by atoms with Crippen molar-refractivity contribution in [1.29, 1.82) is 0 Å². The van der Waals surface area contributed by atoms with Crippen LogP contribution in [0.15, 0.2) is 18.2 Å². The van der Waals surface area contributed by atoms with Gasteiger partial charge in [-0.15, -0.1) is 0 Å². The Hall–Kier alpha value is -0.320. The molecule has 1 aliphatic heterocycles. The van der Waals surface area contributed by atoms with Crippen LogP contribution >= 0.6 is 23.2 Å². The third-order valence-corrected chi connectivity index (χ3v) is 5.19. The van der Waals surface area contributed by atoms with Gasteiger partial charge in [0.15, 0.2) is 0 Å². The second-order valence-electron chi connectivity index (χ2n) is 6.11. The van der Waals surface area contributed by atoms with Crippen molar-refractivity contribution in [2.45, 2.75) is 39.3 Å². The lowest BCUT2D eigenvalue weighted by atomic mass is 10.1. The van der Waals surface area contributed by atoms with E-state index in [0.29, 0.717) is 11.1 Å². The van der Waals surface area contributed by atoms with Gasteiger partial charge in [-0.1, -0.05) is 43.1 Å². The fourth-order valence-electron chi connectivity index (χ4n) is 3.01. The smallest absolute Gasteiger partial charge is 0.0600 e. The number of ether oxygens (including phenoxy) is 1. The van der Waals surface area contributed by atoms with Crippen LogP contribution in [0.4, 0.5) is 0 Å². The van der Waals surface area contributed by atoms with Crippen LogP contribution < -0.4 is 0 Å². The molecule has 0 amide bonds. The second kappa shape index (κ2) is 9.85. The summed E-state index contributed by atoms with van der Waals surface area (Å²) in [5.74, 6) is 0. The summed E-state index contributed by atoms with van der Waals surface area (Å²) in [5.41, 5.74) is 1.15. The van der Waals surface area contributed by atoms with Gasteiger partial charge in [0.2, 0.25) is 0 Å². The molecule has 0 saturated carbocycles. The Morgan fingerprint density at radius 2 is 1.87 bits per heavy atom. The van der Waals surface area contributed by atoms with Crippen molar-refractivity contribution in [1.82, 2.24) is 9.80 Å². The highest BCUT2D eigenvalue weighted by molar-refractivity contribution is 6.35. The van der Waals surface area contributed by atoms with E-state index < -0.39 is 0 Å². The highest BCUT2D eigenvalue weighted by atomic mass is 35.5. The molecule has 23 heavy (non-hydrogen) atoms. The standard InChI is InChI=1S/C18H28Cl2N2O/c1-3-21(4-2)11-12-23-17-7-9-22(10-8-17)14-15-5-6-16(19)13-18(15)20/h5-6,13,17H,3-4,7-12,14H2,1-2H3. The Morgan fingerprint density at radius 1 is 1.17 bits per heavy atom. The zero-order chi connectivity index (χ0) is 16.7. The van der Waals surface area contributed by atoms with Gasteiger partial charge >= 0.3 is 0 Å². The van der Waals surface area contributed by atoms with Gasteiger partial charge in [-0.25, -0.2) is 0 Å². The SMILES string of the molecule is CCN(CC)CCOC1CCN(Cc2ccc(Cl)cc2Cl)CC1. The summed E-state index contributed by atoms with van der Waals surface area (Å²) in [4.78, 5) is 4.84. The van der Waals surface area contributed by atoms with Gasteiger partial charge in [0.1, 0.15) is 0 Å². The molecule has 1 saturated heterocycles. The van der Waals surface area contributed by atoms with Gasteiger partial charge in [0, 0.05) is 36.2 Å². The number of likely N-dealkylation sites (N-methyl/N-ethyl adjacent to an activating group) is 1. The summed E-state index contributed by atoms with van der Waals surface area (Å²) in [6.07, 6.45) is 2.61. The molecule has 0 spiro atoms. The third kappa shape index (κ3) is 6.24. The van der Waals surface area contributed by atoms with E-state index in [1.54, 1.807) is 0 Å². The Labute approximate surface area is 150 Å². The van der Waals surface area contributed by atoms with Gasteiger partial charge < -0.3 is 9.64 Å². The van der Waals surface area contributed by atoms with Crippen LogP contribution in [-0.2, 0) is 11.3 Å². The average molecular weight is 359 g/mol. The van der Waals surface area contributed by atoms with Gasteiger partial charge in [-0.05, 0) is 43.6 Å². The first-order chi connectivity index (χ1) is 11.1. The van der Waals surface area contributed by atoms with Crippen LogP contribution in [0.2, 0.25) is 10.0 Å². The molecule has 1 fully saturated rings. The maximum Gasteiger partial charge on any atom is 0.0600 e. The van der Waals surface area contributed by atoms with Crippen LogP contribution in [0.5, 0.6) is 0 Å². The molecule has 2 rings (SSSR count). The highest BCUT2D eigenvalue weighted by Gasteiger charge is 2.20. The van der Waals surface area contributed by atoms with Gasteiger partial charge in [-0.2, -0.15) is 0 Å². The molecule has 0 bridgehead atoms. The number of piperidine rings is 1. The Balaban J connectivity index is 1.69. The number of halogens is 2. The summed E-state index contributed by atoms with van der Waals surface area (Å²) in [7, 11) is 0. The third-order valence-electron chi connectivity index (χ3n) is 4.60. The first-order valence-corrected chi connectivity index (χ1v) is 9.38. The van der Waals surface area contributed by atoms with Crippen molar-refractivity contribution in [3.8, 4) is 0 Å². The number of rotatable bonds is 8. The van der Waals surface area contributed by atoms with E-state index in [-0.39, 0.29) is 0 Å². The van der Waals surface area contributed by atoms with E-state index in [1.165, 1.54) is 0 Å². The first-order valence-electron chi connectivity index (χ1n) is 8.62. The molecule has 1 heterocycles. The summed E-state index contributed by atoms with van der Waals surface area (Å²) in [6, 6.07) is 5.75. The molecule has 0 aromatic heterocycles. The van der Waals surface area contributed by atoms with E-state index in [1.807, 2.05) is 18.2 Å². The van der Waals surface area contributed by atoms with E-state index in [2.05, 4.69) is 23.6 Å². The number of hydrogen-bond donors (Lipinski definition) is 0. The minimum Gasteiger partial charge on any atom is -0.377 e. The van der Waals surface area contributed by atoms with Crippen molar-refractivity contribution in [3.05, 3.63) is 33.8 Å². The molecule has 0 N–H and O–H groups in total. The molecule has 1 aromatic rings. The van der Waals surface area contributed by atoms with Crippen molar-refractivity contribution in [2.75, 3.05) is 39.3 Å². The number of benzene rings is 1. The zero-order valence-corrected chi connectivity index (χ0v) is 15.7. The molecule has 3 nitrogen and oxygen atoms in total. The van der Waals surface area contributed by atoms with Gasteiger partial charge in [0.05, 0.1) is 12.7 Å². The highest BCUT2D eigenvalue weighted by Crippen LogP contribution is 2.24. The van der Waals surface area contributed by atoms with Crippen molar-refractivity contribution in [2.24, 2.45) is 0 Å². The Morgan fingerprint density at radius 3 is 2.48 bits per heavy atom. The maximum absolute atomic E-state index is 6.26. The normalized spacial score (nSPS) is 17.1. The number of hydrogen-bond acceptors (Lipinski definition) is 3. The molecule has 0 aliphatic carbocycles. The molecule has 0 atom stereocenters. The predicted octanol–water partition coefficient (Wildman–Crippen LogP) is 4.32. The zero-order valence-electron chi connectivity index (χ0n) is 14.2. The van der Waals surface area contributed by atoms with Gasteiger partial charge in [-0.3, -0.25) is 4.90 Å². The average Bonchev–Trinajstić information content (AvgIpc) is 2.56. The topological polar surface area (TPSA) is 15.7 Å². The number of nitrogens with zero attached hydrogens (tertiary/aromatic N) is 2. The van der Waals surface area contributed by atoms with Crippen LogP contribution in [0.25, 0.3) is 0 Å². The van der Waals surface area contributed by atoms with E-state index in [0.717, 1.165) is 69.3 Å².